The maximum absolute atomic E-state index is 13.5. The molecule has 0 radical (unpaired) electrons. The standard InChI is InChI=1S/C21H22FN3O6/c1-13(26)23-17(11-14-6-5-8-16(22)10-14)20(27)24-18(21(28)31-2)12-15-7-3-4-9-19(15)25(29)30/h3-10,17-18H,11-12H2,1-2H3,(H,23,26)(H,24,27)/t17-,18-/m0/s1. The maximum Gasteiger partial charge on any atom is 0.328 e. The van der Waals surface area contributed by atoms with E-state index in [4.69, 9.17) is 4.74 Å². The normalized spacial score (nSPS) is 12.4. The van der Waals surface area contributed by atoms with Gasteiger partial charge < -0.3 is 15.4 Å². The van der Waals surface area contributed by atoms with Gasteiger partial charge in [0.25, 0.3) is 5.69 Å². The van der Waals surface area contributed by atoms with Crippen LogP contribution >= 0.6 is 0 Å². The van der Waals surface area contributed by atoms with Gasteiger partial charge >= 0.3 is 5.97 Å². The Morgan fingerprint density at radius 3 is 2.39 bits per heavy atom. The Balaban J connectivity index is 2.24. The Morgan fingerprint density at radius 2 is 1.77 bits per heavy atom. The SMILES string of the molecule is COC(=O)[C@H](Cc1ccccc1[N+](=O)[O-])NC(=O)[C@H](Cc1cccc(F)c1)NC(C)=O. The fourth-order valence-corrected chi connectivity index (χ4v) is 3.04. The summed E-state index contributed by atoms with van der Waals surface area (Å²) in [6.45, 7) is 1.22. The van der Waals surface area contributed by atoms with Crippen molar-refractivity contribution in [3.63, 3.8) is 0 Å². The van der Waals surface area contributed by atoms with Crippen LogP contribution in [0.1, 0.15) is 18.1 Å². The monoisotopic (exact) mass is 431 g/mol. The maximum atomic E-state index is 13.5. The van der Waals surface area contributed by atoms with Crippen LogP contribution in [0, 0.1) is 15.9 Å². The van der Waals surface area contributed by atoms with Crippen LogP contribution in [-0.2, 0) is 32.0 Å². The van der Waals surface area contributed by atoms with Gasteiger partial charge in [-0.2, -0.15) is 0 Å². The van der Waals surface area contributed by atoms with Crippen molar-refractivity contribution >= 4 is 23.5 Å². The molecule has 164 valence electrons. The van der Waals surface area contributed by atoms with E-state index in [1.54, 1.807) is 12.1 Å². The number of nitro groups is 1. The van der Waals surface area contributed by atoms with Crippen LogP contribution in [0.4, 0.5) is 10.1 Å². The predicted octanol–water partition coefficient (Wildman–Crippen LogP) is 1.68. The number of halogens is 1. The first-order valence-electron chi connectivity index (χ1n) is 9.33. The number of hydrogen-bond donors (Lipinski definition) is 2. The average Bonchev–Trinajstić information content (AvgIpc) is 2.72. The molecule has 2 rings (SSSR count). The van der Waals surface area contributed by atoms with Crippen LogP contribution in [0.2, 0.25) is 0 Å². The fraction of sp³-hybridized carbons (Fsp3) is 0.286. The van der Waals surface area contributed by atoms with E-state index >= 15 is 0 Å². The smallest absolute Gasteiger partial charge is 0.328 e. The lowest BCUT2D eigenvalue weighted by Crippen LogP contribution is -2.53. The van der Waals surface area contributed by atoms with Gasteiger partial charge in [0, 0.05) is 31.4 Å². The molecule has 2 amide bonds. The molecule has 0 spiro atoms. The lowest BCUT2D eigenvalue weighted by molar-refractivity contribution is -0.385. The number of nitrogens with zero attached hydrogens (tertiary/aromatic N) is 1. The third kappa shape index (κ3) is 6.88. The Kier molecular flexibility index (Phi) is 8.18. The minimum Gasteiger partial charge on any atom is -0.467 e. The van der Waals surface area contributed by atoms with E-state index in [2.05, 4.69) is 10.6 Å². The quantitative estimate of drug-likeness (QED) is 0.353. The van der Waals surface area contributed by atoms with Gasteiger partial charge in [-0.15, -0.1) is 0 Å². The first-order valence-corrected chi connectivity index (χ1v) is 9.33. The van der Waals surface area contributed by atoms with Crippen molar-refractivity contribution in [3.05, 3.63) is 75.6 Å². The van der Waals surface area contributed by atoms with Crippen molar-refractivity contribution in [1.82, 2.24) is 10.6 Å². The number of hydrogen-bond acceptors (Lipinski definition) is 6. The largest absolute Gasteiger partial charge is 0.467 e. The molecule has 2 aromatic carbocycles. The van der Waals surface area contributed by atoms with Crippen LogP contribution in [0.25, 0.3) is 0 Å². The predicted molar refractivity (Wildman–Crippen MR) is 108 cm³/mol. The van der Waals surface area contributed by atoms with Gasteiger partial charge in [0.1, 0.15) is 17.9 Å². The number of benzene rings is 2. The molecule has 0 aliphatic rings. The summed E-state index contributed by atoms with van der Waals surface area (Å²) in [4.78, 5) is 47.3. The number of rotatable bonds is 9. The summed E-state index contributed by atoms with van der Waals surface area (Å²) < 4.78 is 18.2. The van der Waals surface area contributed by atoms with E-state index in [-0.39, 0.29) is 24.1 Å². The molecule has 0 aliphatic carbocycles. The van der Waals surface area contributed by atoms with Crippen molar-refractivity contribution in [2.75, 3.05) is 7.11 Å². The van der Waals surface area contributed by atoms with Gasteiger partial charge in [0.2, 0.25) is 11.8 Å². The zero-order chi connectivity index (χ0) is 23.0. The number of nitro benzene ring substituents is 1. The lowest BCUT2D eigenvalue weighted by Gasteiger charge is -2.22. The van der Waals surface area contributed by atoms with Crippen molar-refractivity contribution in [3.8, 4) is 0 Å². The molecule has 2 aromatic rings. The molecule has 0 aliphatic heterocycles. The zero-order valence-electron chi connectivity index (χ0n) is 17.0. The molecule has 0 fully saturated rings. The van der Waals surface area contributed by atoms with Crippen LogP contribution in [0.5, 0.6) is 0 Å². The molecule has 2 N–H and O–H groups in total. The molecule has 10 heteroatoms. The van der Waals surface area contributed by atoms with Gasteiger partial charge in [-0.05, 0) is 17.7 Å². The van der Waals surface area contributed by atoms with Gasteiger partial charge in [-0.3, -0.25) is 19.7 Å². The van der Waals surface area contributed by atoms with Crippen LogP contribution < -0.4 is 10.6 Å². The molecule has 0 bridgehead atoms. The van der Waals surface area contributed by atoms with Gasteiger partial charge in [0.05, 0.1) is 12.0 Å². The Labute approximate surface area is 177 Å². The second-order valence-electron chi connectivity index (χ2n) is 6.76. The number of amides is 2. The van der Waals surface area contributed by atoms with E-state index < -0.39 is 40.6 Å². The summed E-state index contributed by atoms with van der Waals surface area (Å²) in [5.74, 6) is -2.51. The number of nitrogens with one attached hydrogen (secondary N) is 2. The molecular formula is C21H22FN3O6. The second-order valence-corrected chi connectivity index (χ2v) is 6.76. The summed E-state index contributed by atoms with van der Waals surface area (Å²) in [6.07, 6.45) is -0.217. The molecule has 0 saturated heterocycles. The number of para-hydroxylation sites is 1. The Hall–Kier alpha value is -3.82. The summed E-state index contributed by atoms with van der Waals surface area (Å²) in [5, 5.41) is 16.2. The lowest BCUT2D eigenvalue weighted by atomic mass is 10.0. The molecule has 0 saturated carbocycles. The highest BCUT2D eigenvalue weighted by Crippen LogP contribution is 2.19. The molecule has 0 aromatic heterocycles. The van der Waals surface area contributed by atoms with Crippen LogP contribution in [0.3, 0.4) is 0 Å². The zero-order valence-corrected chi connectivity index (χ0v) is 17.0. The topological polar surface area (TPSA) is 128 Å². The summed E-state index contributed by atoms with van der Waals surface area (Å²) in [5.41, 5.74) is 0.482. The highest BCUT2D eigenvalue weighted by atomic mass is 19.1. The summed E-state index contributed by atoms with van der Waals surface area (Å²) in [6, 6.07) is 9.02. The van der Waals surface area contributed by atoms with E-state index in [9.17, 15) is 28.9 Å². The molecular weight excluding hydrogens is 409 g/mol. The van der Waals surface area contributed by atoms with Gasteiger partial charge in [-0.25, -0.2) is 9.18 Å². The second kappa shape index (κ2) is 10.8. The molecule has 0 heterocycles. The summed E-state index contributed by atoms with van der Waals surface area (Å²) >= 11 is 0. The molecule has 0 unspecified atom stereocenters. The summed E-state index contributed by atoms with van der Waals surface area (Å²) in [7, 11) is 1.12. The third-order valence-electron chi connectivity index (χ3n) is 4.44. The number of carbonyl (C=O) groups excluding carboxylic acids is 3. The minimum atomic E-state index is -1.23. The van der Waals surface area contributed by atoms with E-state index in [1.807, 2.05) is 0 Å². The van der Waals surface area contributed by atoms with E-state index in [1.165, 1.54) is 43.3 Å². The minimum absolute atomic E-state index is 0.0252. The van der Waals surface area contributed by atoms with Crippen molar-refractivity contribution in [2.24, 2.45) is 0 Å². The third-order valence-corrected chi connectivity index (χ3v) is 4.44. The van der Waals surface area contributed by atoms with E-state index in [0.717, 1.165) is 7.11 Å². The Bertz CT molecular complexity index is 981. The molecule has 2 atom stereocenters. The first kappa shape index (κ1) is 23.5. The van der Waals surface area contributed by atoms with Gasteiger partial charge in [0.15, 0.2) is 0 Å². The average molecular weight is 431 g/mol. The van der Waals surface area contributed by atoms with Crippen LogP contribution in [0.15, 0.2) is 48.5 Å². The number of esters is 1. The van der Waals surface area contributed by atoms with Gasteiger partial charge in [-0.1, -0.05) is 30.3 Å². The number of carbonyl (C=O) groups is 3. The fourth-order valence-electron chi connectivity index (χ4n) is 3.04. The molecule has 31 heavy (non-hydrogen) atoms. The van der Waals surface area contributed by atoms with Crippen molar-refractivity contribution in [1.29, 1.82) is 0 Å². The Morgan fingerprint density at radius 1 is 1.06 bits per heavy atom. The number of methoxy groups -OCH3 is 1. The number of ether oxygens (including phenoxy) is 1. The highest BCUT2D eigenvalue weighted by molar-refractivity contribution is 5.90. The first-order chi connectivity index (χ1) is 14.7. The van der Waals surface area contributed by atoms with Crippen LogP contribution in [-0.4, -0.2) is 41.9 Å². The molecule has 9 nitrogen and oxygen atoms in total. The van der Waals surface area contributed by atoms with E-state index in [0.29, 0.717) is 5.56 Å². The highest BCUT2D eigenvalue weighted by Gasteiger charge is 2.29. The van der Waals surface area contributed by atoms with Crippen molar-refractivity contribution < 1.29 is 28.4 Å². The van der Waals surface area contributed by atoms with Crippen molar-refractivity contribution in [2.45, 2.75) is 31.8 Å².